The Morgan fingerprint density at radius 2 is 1.79 bits per heavy atom. The SMILES string of the molecule is C[C@@](Cc1cc2ccccc2[nH]1)(NC(=O)OC1C2CC3CC(C2)CC1C3)C(=O)O. The molecule has 3 N–H and O–H groups in total. The first kappa shape index (κ1) is 18.5. The van der Waals surface area contributed by atoms with Crippen molar-refractivity contribution < 1.29 is 19.4 Å². The van der Waals surface area contributed by atoms with Crippen LogP contribution >= 0.6 is 0 Å². The molecule has 1 amide bonds. The summed E-state index contributed by atoms with van der Waals surface area (Å²) in [4.78, 5) is 28.0. The predicted octanol–water partition coefficient (Wildman–Crippen LogP) is 4.10. The number of aromatic amines is 1. The van der Waals surface area contributed by atoms with Gasteiger partial charge in [0.25, 0.3) is 0 Å². The van der Waals surface area contributed by atoms with Crippen LogP contribution in [-0.2, 0) is 16.0 Å². The quantitative estimate of drug-likeness (QED) is 0.709. The van der Waals surface area contributed by atoms with Crippen LogP contribution in [-0.4, -0.2) is 33.8 Å². The number of benzene rings is 1. The Morgan fingerprint density at radius 1 is 1.14 bits per heavy atom. The second-order valence-corrected chi connectivity index (χ2v) is 9.62. The Labute approximate surface area is 170 Å². The molecule has 0 radical (unpaired) electrons. The van der Waals surface area contributed by atoms with Crippen molar-refractivity contribution in [1.29, 1.82) is 0 Å². The zero-order valence-electron chi connectivity index (χ0n) is 16.7. The Kier molecular flexibility index (Phi) is 4.33. The lowest BCUT2D eigenvalue weighted by atomic mass is 9.55. The van der Waals surface area contributed by atoms with Gasteiger partial charge in [0.05, 0.1) is 0 Å². The molecule has 4 fully saturated rings. The number of carbonyl (C=O) groups excluding carboxylic acids is 1. The third-order valence-electron chi connectivity index (χ3n) is 7.36. The second-order valence-electron chi connectivity index (χ2n) is 9.62. The smallest absolute Gasteiger partial charge is 0.408 e. The van der Waals surface area contributed by atoms with E-state index in [2.05, 4.69) is 10.3 Å². The molecule has 4 saturated carbocycles. The van der Waals surface area contributed by atoms with E-state index in [4.69, 9.17) is 4.74 Å². The topological polar surface area (TPSA) is 91.4 Å². The molecule has 4 aliphatic carbocycles. The molecule has 1 aromatic heterocycles. The van der Waals surface area contributed by atoms with Gasteiger partial charge in [0, 0.05) is 17.6 Å². The third kappa shape index (κ3) is 3.38. The predicted molar refractivity (Wildman–Crippen MR) is 108 cm³/mol. The van der Waals surface area contributed by atoms with E-state index in [1.807, 2.05) is 30.3 Å². The van der Waals surface area contributed by atoms with E-state index in [9.17, 15) is 14.7 Å². The van der Waals surface area contributed by atoms with Crippen molar-refractivity contribution in [2.75, 3.05) is 0 Å². The molecule has 1 heterocycles. The molecule has 154 valence electrons. The fraction of sp³-hybridized carbons (Fsp3) is 0.565. The van der Waals surface area contributed by atoms with E-state index in [0.29, 0.717) is 11.8 Å². The highest BCUT2D eigenvalue weighted by Crippen LogP contribution is 2.54. The molecule has 6 rings (SSSR count). The molecule has 0 saturated heterocycles. The fourth-order valence-electron chi connectivity index (χ4n) is 6.23. The lowest BCUT2D eigenvalue weighted by molar-refractivity contribution is -0.144. The Bertz CT molecular complexity index is 890. The van der Waals surface area contributed by atoms with E-state index in [0.717, 1.165) is 54.1 Å². The van der Waals surface area contributed by atoms with Crippen molar-refractivity contribution in [2.24, 2.45) is 23.7 Å². The molecule has 1 atom stereocenters. The van der Waals surface area contributed by atoms with Gasteiger partial charge < -0.3 is 20.1 Å². The summed E-state index contributed by atoms with van der Waals surface area (Å²) in [5.41, 5.74) is 0.279. The number of carboxylic acids is 1. The number of carboxylic acid groups (broad SMARTS) is 1. The number of aliphatic carboxylic acids is 1. The van der Waals surface area contributed by atoms with Crippen molar-refractivity contribution in [3.8, 4) is 0 Å². The first-order valence-corrected chi connectivity index (χ1v) is 10.7. The van der Waals surface area contributed by atoms with Gasteiger partial charge >= 0.3 is 12.1 Å². The van der Waals surface area contributed by atoms with Crippen molar-refractivity contribution in [3.05, 3.63) is 36.0 Å². The molecule has 4 bridgehead atoms. The van der Waals surface area contributed by atoms with Gasteiger partial charge in [-0.15, -0.1) is 0 Å². The number of aromatic nitrogens is 1. The molecule has 6 heteroatoms. The lowest BCUT2D eigenvalue weighted by Crippen LogP contribution is -2.56. The summed E-state index contributed by atoms with van der Waals surface area (Å²) in [6, 6.07) is 9.73. The number of ether oxygens (including phenoxy) is 1. The molecule has 6 nitrogen and oxygen atoms in total. The highest BCUT2D eigenvalue weighted by molar-refractivity contribution is 5.85. The zero-order valence-corrected chi connectivity index (χ0v) is 16.7. The van der Waals surface area contributed by atoms with E-state index >= 15 is 0 Å². The number of para-hydroxylation sites is 1. The number of carbonyl (C=O) groups is 2. The van der Waals surface area contributed by atoms with Crippen LogP contribution in [0.5, 0.6) is 0 Å². The van der Waals surface area contributed by atoms with Crippen LogP contribution < -0.4 is 5.32 Å². The van der Waals surface area contributed by atoms with Crippen LogP contribution in [0.25, 0.3) is 10.9 Å². The highest BCUT2D eigenvalue weighted by Gasteiger charge is 2.50. The van der Waals surface area contributed by atoms with Crippen LogP contribution in [0.1, 0.15) is 44.7 Å². The monoisotopic (exact) mass is 396 g/mol. The average Bonchev–Trinajstić information content (AvgIpc) is 3.05. The maximum atomic E-state index is 12.7. The van der Waals surface area contributed by atoms with Crippen molar-refractivity contribution in [1.82, 2.24) is 10.3 Å². The maximum absolute atomic E-state index is 12.7. The minimum absolute atomic E-state index is 0.0612. The summed E-state index contributed by atoms with van der Waals surface area (Å²) < 4.78 is 5.85. The number of H-pyrrole nitrogens is 1. The van der Waals surface area contributed by atoms with Crippen molar-refractivity contribution in [3.63, 3.8) is 0 Å². The number of rotatable bonds is 5. The van der Waals surface area contributed by atoms with E-state index in [-0.39, 0.29) is 12.5 Å². The van der Waals surface area contributed by atoms with Gasteiger partial charge in [0.15, 0.2) is 0 Å². The minimum Gasteiger partial charge on any atom is -0.480 e. The largest absolute Gasteiger partial charge is 0.480 e. The summed E-state index contributed by atoms with van der Waals surface area (Å²) >= 11 is 0. The lowest BCUT2D eigenvalue weighted by Gasteiger charge is -2.53. The standard InChI is InChI=1S/C23H28N2O4/c1-23(21(26)27,12-18-11-15-4-2-3-5-19(15)24-18)25-22(28)29-20-16-7-13-6-14(9-16)10-17(20)8-13/h2-5,11,13-14,16-17,20,24H,6-10,12H2,1H3,(H,25,28)(H,26,27)/t13?,14?,16?,17?,20?,23-/m0/s1. The minimum atomic E-state index is -1.44. The second kappa shape index (κ2) is 6.78. The van der Waals surface area contributed by atoms with Crippen LogP contribution in [0.15, 0.2) is 30.3 Å². The van der Waals surface area contributed by atoms with Crippen molar-refractivity contribution in [2.45, 2.75) is 57.1 Å². The summed E-state index contributed by atoms with van der Waals surface area (Å²) in [5.74, 6) is 1.42. The van der Waals surface area contributed by atoms with Crippen LogP contribution in [0.4, 0.5) is 4.79 Å². The van der Waals surface area contributed by atoms with Gasteiger partial charge in [-0.05, 0) is 80.2 Å². The molecule has 1 aromatic carbocycles. The number of hydrogen-bond acceptors (Lipinski definition) is 3. The molecule has 2 aromatic rings. The molecular formula is C23H28N2O4. The summed E-state index contributed by atoms with van der Waals surface area (Å²) in [5, 5.41) is 13.5. The van der Waals surface area contributed by atoms with Gasteiger partial charge in [-0.2, -0.15) is 0 Å². The Morgan fingerprint density at radius 3 is 2.41 bits per heavy atom. The summed E-state index contributed by atoms with van der Waals surface area (Å²) in [6.45, 7) is 1.54. The maximum Gasteiger partial charge on any atom is 0.408 e. The van der Waals surface area contributed by atoms with Crippen LogP contribution in [0.2, 0.25) is 0 Å². The van der Waals surface area contributed by atoms with Crippen molar-refractivity contribution >= 4 is 23.0 Å². The summed E-state index contributed by atoms with van der Waals surface area (Å²) in [7, 11) is 0. The number of hydrogen-bond donors (Lipinski definition) is 3. The number of alkyl carbamates (subject to hydrolysis) is 1. The Balaban J connectivity index is 1.28. The molecule has 0 aliphatic heterocycles. The first-order chi connectivity index (χ1) is 13.9. The number of amides is 1. The summed E-state index contributed by atoms with van der Waals surface area (Å²) in [6.07, 6.45) is 5.43. The highest BCUT2D eigenvalue weighted by atomic mass is 16.6. The molecule has 29 heavy (non-hydrogen) atoms. The van der Waals surface area contributed by atoms with Gasteiger partial charge in [0.2, 0.25) is 0 Å². The number of fused-ring (bicyclic) bond motifs is 1. The Hall–Kier alpha value is -2.50. The molecule has 4 aliphatic rings. The average molecular weight is 396 g/mol. The van der Waals surface area contributed by atoms with E-state index in [1.54, 1.807) is 6.92 Å². The molecule has 0 spiro atoms. The zero-order chi connectivity index (χ0) is 20.2. The first-order valence-electron chi connectivity index (χ1n) is 10.7. The van der Waals surface area contributed by atoms with E-state index in [1.165, 1.54) is 6.42 Å². The van der Waals surface area contributed by atoms with E-state index < -0.39 is 17.6 Å². The van der Waals surface area contributed by atoms with Gasteiger partial charge in [0.1, 0.15) is 11.6 Å². The van der Waals surface area contributed by atoms with Crippen LogP contribution in [0.3, 0.4) is 0 Å². The molecule has 0 unspecified atom stereocenters. The van der Waals surface area contributed by atoms with Crippen LogP contribution in [0, 0.1) is 23.7 Å². The molecular weight excluding hydrogens is 368 g/mol. The van der Waals surface area contributed by atoms with Gasteiger partial charge in [-0.3, -0.25) is 0 Å². The normalized spacial score (nSPS) is 32.1. The fourth-order valence-corrected chi connectivity index (χ4v) is 6.23. The van der Waals surface area contributed by atoms with Gasteiger partial charge in [-0.25, -0.2) is 9.59 Å². The third-order valence-corrected chi connectivity index (χ3v) is 7.36. The van der Waals surface area contributed by atoms with Gasteiger partial charge in [-0.1, -0.05) is 18.2 Å². The number of nitrogens with one attached hydrogen (secondary N) is 2.